The average molecular weight is 200 g/mol. The van der Waals surface area contributed by atoms with Gasteiger partial charge in [-0.3, -0.25) is 14.5 Å². The van der Waals surface area contributed by atoms with Gasteiger partial charge in [-0.25, -0.2) is 0 Å². The fourth-order valence-electron chi connectivity index (χ4n) is 0.826. The van der Waals surface area contributed by atoms with E-state index in [1.807, 2.05) is 6.92 Å². The van der Waals surface area contributed by atoms with Gasteiger partial charge in [-0.1, -0.05) is 0 Å². The van der Waals surface area contributed by atoms with Gasteiger partial charge in [0.15, 0.2) is 4.77 Å². The maximum atomic E-state index is 11.4. The lowest BCUT2D eigenvalue weighted by Gasteiger charge is -2.13. The molecule has 1 aromatic heterocycles. The van der Waals surface area contributed by atoms with E-state index >= 15 is 0 Å². The number of amides is 1. The van der Waals surface area contributed by atoms with Crippen molar-refractivity contribution in [1.29, 1.82) is 0 Å². The Balaban J connectivity index is 2.65. The van der Waals surface area contributed by atoms with Crippen LogP contribution in [0.5, 0.6) is 0 Å². The van der Waals surface area contributed by atoms with Crippen LogP contribution in [0.3, 0.4) is 0 Å². The fourth-order valence-corrected chi connectivity index (χ4v) is 0.990. The molecule has 1 rings (SSSR count). The molecule has 6 heteroatoms. The lowest BCUT2D eigenvalue weighted by Crippen LogP contribution is -2.29. The zero-order valence-electron chi connectivity index (χ0n) is 7.65. The minimum absolute atomic E-state index is 0.0278. The Morgan fingerprint density at radius 2 is 2.54 bits per heavy atom. The van der Waals surface area contributed by atoms with E-state index < -0.39 is 0 Å². The highest BCUT2D eigenvalue weighted by Gasteiger charge is 2.07. The quantitative estimate of drug-likeness (QED) is 0.719. The number of aromatic amines is 1. The van der Waals surface area contributed by atoms with Gasteiger partial charge in [-0.05, 0) is 19.1 Å². The van der Waals surface area contributed by atoms with Gasteiger partial charge in [0.1, 0.15) is 12.9 Å². The van der Waals surface area contributed by atoms with E-state index in [2.05, 4.69) is 10.2 Å². The van der Waals surface area contributed by atoms with Crippen molar-refractivity contribution in [2.24, 2.45) is 0 Å². The third kappa shape index (κ3) is 2.38. The molecule has 13 heavy (non-hydrogen) atoms. The van der Waals surface area contributed by atoms with Crippen LogP contribution in [-0.4, -0.2) is 39.2 Å². The van der Waals surface area contributed by atoms with E-state index in [1.165, 1.54) is 6.33 Å². The molecule has 1 aromatic rings. The minimum Gasteiger partial charge on any atom is -0.344 e. The smallest absolute Gasteiger partial charge is 0.242 e. The first-order valence-electron chi connectivity index (χ1n) is 3.99. The molecule has 0 aliphatic carbocycles. The summed E-state index contributed by atoms with van der Waals surface area (Å²) < 4.78 is 2.07. The number of carbonyl (C=O) groups excluding carboxylic acids is 1. The van der Waals surface area contributed by atoms with E-state index in [0.717, 1.165) is 0 Å². The van der Waals surface area contributed by atoms with Crippen LogP contribution in [0, 0.1) is 4.77 Å². The number of carbonyl (C=O) groups is 1. The molecule has 0 radical (unpaired) electrons. The normalized spacial score (nSPS) is 10.0. The van der Waals surface area contributed by atoms with E-state index in [9.17, 15) is 4.79 Å². The molecular weight excluding hydrogens is 188 g/mol. The van der Waals surface area contributed by atoms with Crippen LogP contribution in [0.25, 0.3) is 0 Å². The first kappa shape index (κ1) is 9.91. The van der Waals surface area contributed by atoms with Crippen molar-refractivity contribution in [3.63, 3.8) is 0 Å². The monoisotopic (exact) mass is 200 g/mol. The Kier molecular flexibility index (Phi) is 3.18. The van der Waals surface area contributed by atoms with Crippen molar-refractivity contribution in [3.05, 3.63) is 11.1 Å². The summed E-state index contributed by atoms with van der Waals surface area (Å²) in [5, 5.41) is 6.31. The molecule has 0 saturated carbocycles. The maximum Gasteiger partial charge on any atom is 0.242 e. The number of hydrogen-bond acceptors (Lipinski definition) is 3. The second kappa shape index (κ2) is 4.18. The van der Waals surface area contributed by atoms with Crippen LogP contribution in [-0.2, 0) is 11.3 Å². The summed E-state index contributed by atoms with van der Waals surface area (Å²) >= 11 is 4.90. The molecule has 1 amide bonds. The standard InChI is InChI=1S/C7H12N4OS/c1-3-10(2)6(12)4-11-5-8-9-7(11)13/h5H,3-4H2,1-2H3,(H,9,13). The molecule has 0 fully saturated rings. The number of nitrogens with one attached hydrogen (secondary N) is 1. The summed E-state index contributed by atoms with van der Waals surface area (Å²) in [6, 6.07) is 0. The summed E-state index contributed by atoms with van der Waals surface area (Å²) in [4.78, 5) is 13.0. The van der Waals surface area contributed by atoms with Crippen molar-refractivity contribution >= 4 is 18.1 Å². The predicted molar refractivity (Wildman–Crippen MR) is 50.7 cm³/mol. The third-order valence-corrected chi connectivity index (χ3v) is 2.15. The van der Waals surface area contributed by atoms with Gasteiger partial charge in [-0.2, -0.15) is 5.10 Å². The molecule has 72 valence electrons. The predicted octanol–water partition coefficient (Wildman–Crippen LogP) is 0.419. The van der Waals surface area contributed by atoms with E-state index in [4.69, 9.17) is 12.2 Å². The van der Waals surface area contributed by atoms with Gasteiger partial charge < -0.3 is 4.90 Å². The van der Waals surface area contributed by atoms with E-state index in [1.54, 1.807) is 16.5 Å². The fraction of sp³-hybridized carbons (Fsp3) is 0.571. The molecule has 1 heterocycles. The first-order valence-corrected chi connectivity index (χ1v) is 4.39. The van der Waals surface area contributed by atoms with E-state index in [0.29, 0.717) is 11.3 Å². The Bertz CT molecular complexity index is 342. The van der Waals surface area contributed by atoms with Gasteiger partial charge in [0.05, 0.1) is 0 Å². The SMILES string of the molecule is CCN(C)C(=O)Cn1cn[nH]c1=S. The van der Waals surface area contributed by atoms with E-state index in [-0.39, 0.29) is 12.5 Å². The van der Waals surface area contributed by atoms with Gasteiger partial charge in [-0.15, -0.1) is 0 Å². The Morgan fingerprint density at radius 3 is 3.00 bits per heavy atom. The van der Waals surface area contributed by atoms with Crippen molar-refractivity contribution in [1.82, 2.24) is 19.7 Å². The van der Waals surface area contributed by atoms with Gasteiger partial charge >= 0.3 is 0 Å². The molecule has 0 saturated heterocycles. The molecular formula is C7H12N4OS. The third-order valence-electron chi connectivity index (χ3n) is 1.82. The molecule has 0 aliphatic heterocycles. The summed E-state index contributed by atoms with van der Waals surface area (Å²) in [7, 11) is 1.76. The number of hydrogen-bond donors (Lipinski definition) is 1. The second-order valence-corrected chi connectivity index (χ2v) is 3.08. The Labute approximate surface area is 81.4 Å². The molecule has 0 aliphatic rings. The van der Waals surface area contributed by atoms with Crippen molar-refractivity contribution in [2.45, 2.75) is 13.5 Å². The molecule has 0 unspecified atom stereocenters. The Hall–Kier alpha value is -1.17. The number of nitrogens with zero attached hydrogens (tertiary/aromatic N) is 3. The minimum atomic E-state index is 0.0278. The molecule has 0 spiro atoms. The van der Waals surface area contributed by atoms with Gasteiger partial charge in [0, 0.05) is 13.6 Å². The summed E-state index contributed by atoms with van der Waals surface area (Å²) in [6.45, 7) is 2.87. The number of rotatable bonds is 3. The number of aromatic nitrogens is 3. The highest BCUT2D eigenvalue weighted by Crippen LogP contribution is 1.91. The van der Waals surface area contributed by atoms with Crippen LogP contribution >= 0.6 is 12.2 Å². The largest absolute Gasteiger partial charge is 0.344 e. The average Bonchev–Trinajstić information content (AvgIpc) is 2.50. The van der Waals surface area contributed by atoms with Gasteiger partial charge in [0.2, 0.25) is 5.91 Å². The van der Waals surface area contributed by atoms with Crippen LogP contribution < -0.4 is 0 Å². The zero-order chi connectivity index (χ0) is 9.84. The topological polar surface area (TPSA) is 53.9 Å². The van der Waals surface area contributed by atoms with Crippen LogP contribution in [0.4, 0.5) is 0 Å². The molecule has 0 bridgehead atoms. The molecule has 1 N–H and O–H groups in total. The molecule has 0 aromatic carbocycles. The summed E-state index contributed by atoms with van der Waals surface area (Å²) in [5.41, 5.74) is 0. The van der Waals surface area contributed by atoms with Crippen molar-refractivity contribution < 1.29 is 4.79 Å². The van der Waals surface area contributed by atoms with Crippen molar-refractivity contribution in [2.75, 3.05) is 13.6 Å². The molecule has 5 nitrogen and oxygen atoms in total. The zero-order valence-corrected chi connectivity index (χ0v) is 8.47. The number of H-pyrrole nitrogens is 1. The van der Waals surface area contributed by atoms with Crippen LogP contribution in [0.15, 0.2) is 6.33 Å². The highest BCUT2D eigenvalue weighted by molar-refractivity contribution is 7.71. The second-order valence-electron chi connectivity index (χ2n) is 2.70. The van der Waals surface area contributed by atoms with Crippen LogP contribution in [0.1, 0.15) is 6.92 Å². The summed E-state index contributed by atoms with van der Waals surface area (Å²) in [6.07, 6.45) is 1.52. The number of likely N-dealkylation sites (N-methyl/N-ethyl adjacent to an activating group) is 1. The highest BCUT2D eigenvalue weighted by atomic mass is 32.1. The van der Waals surface area contributed by atoms with Crippen molar-refractivity contribution in [3.8, 4) is 0 Å². The van der Waals surface area contributed by atoms with Gasteiger partial charge in [0.25, 0.3) is 0 Å². The van der Waals surface area contributed by atoms with Crippen LogP contribution in [0.2, 0.25) is 0 Å². The lowest BCUT2D eigenvalue weighted by molar-refractivity contribution is -0.130. The Morgan fingerprint density at radius 1 is 1.85 bits per heavy atom. The molecule has 0 atom stereocenters. The maximum absolute atomic E-state index is 11.4. The first-order chi connectivity index (χ1) is 6.15. The lowest BCUT2D eigenvalue weighted by atomic mass is 10.5. The summed E-state index contributed by atoms with van der Waals surface area (Å²) in [5.74, 6) is 0.0278.